The third kappa shape index (κ3) is 7.82. The highest BCUT2D eigenvalue weighted by molar-refractivity contribution is 6.30. The van der Waals surface area contributed by atoms with Crippen molar-refractivity contribution >= 4 is 11.6 Å². The molecule has 1 atom stereocenters. The second-order valence-electron chi connectivity index (χ2n) is 5.76. The Hall–Kier alpha value is -0.600. The highest BCUT2D eigenvalue weighted by atomic mass is 35.5. The molecule has 1 aromatic carbocycles. The summed E-state index contributed by atoms with van der Waals surface area (Å²) in [5.41, 5.74) is 1.02. The number of hydrogen-bond donors (Lipinski definition) is 1. The van der Waals surface area contributed by atoms with Gasteiger partial charge in [-0.1, -0.05) is 70.0 Å². The zero-order valence-electron chi connectivity index (χ0n) is 13.4. The molecule has 21 heavy (non-hydrogen) atoms. The van der Waals surface area contributed by atoms with Crippen molar-refractivity contribution in [3.63, 3.8) is 0 Å². The van der Waals surface area contributed by atoms with Gasteiger partial charge in [-0.15, -0.1) is 0 Å². The van der Waals surface area contributed by atoms with E-state index in [1.165, 1.54) is 38.5 Å². The van der Waals surface area contributed by atoms with E-state index in [-0.39, 0.29) is 10.8 Å². The average molecular weight is 314 g/mol. The van der Waals surface area contributed by atoms with Gasteiger partial charge >= 0.3 is 0 Å². The Balaban J connectivity index is 2.36. The van der Waals surface area contributed by atoms with E-state index < -0.39 is 0 Å². The maximum atomic E-state index is 13.5. The van der Waals surface area contributed by atoms with Crippen LogP contribution in [0.15, 0.2) is 18.2 Å². The summed E-state index contributed by atoms with van der Waals surface area (Å²) in [4.78, 5) is 0. The van der Waals surface area contributed by atoms with Crippen molar-refractivity contribution in [2.24, 2.45) is 0 Å². The van der Waals surface area contributed by atoms with Gasteiger partial charge in [0.05, 0.1) is 5.02 Å². The Kier molecular flexibility index (Phi) is 9.69. The predicted octanol–water partition coefficient (Wildman–Crippen LogP) is 5.75. The summed E-state index contributed by atoms with van der Waals surface area (Å²) in [6, 6.07) is 5.58. The lowest BCUT2D eigenvalue weighted by Crippen LogP contribution is -2.30. The van der Waals surface area contributed by atoms with E-state index in [2.05, 4.69) is 19.2 Å². The van der Waals surface area contributed by atoms with Crippen LogP contribution in [0.2, 0.25) is 5.02 Å². The summed E-state index contributed by atoms with van der Waals surface area (Å²) < 4.78 is 13.5. The Morgan fingerprint density at radius 3 is 2.48 bits per heavy atom. The second-order valence-corrected chi connectivity index (χ2v) is 6.17. The molecule has 0 aromatic heterocycles. The molecule has 0 radical (unpaired) electrons. The standard InChI is InChI=1S/C18H29ClFN/c1-3-5-6-7-8-9-10-16(21-4-2)13-15-11-12-17(19)18(20)14-15/h11-12,14,16,21H,3-10,13H2,1-2H3. The van der Waals surface area contributed by atoms with Crippen molar-refractivity contribution in [2.75, 3.05) is 6.54 Å². The summed E-state index contributed by atoms with van der Waals surface area (Å²) in [5.74, 6) is -0.316. The highest BCUT2D eigenvalue weighted by Gasteiger charge is 2.10. The van der Waals surface area contributed by atoms with Crippen LogP contribution >= 0.6 is 11.6 Å². The summed E-state index contributed by atoms with van der Waals surface area (Å²) in [6.45, 7) is 5.32. The van der Waals surface area contributed by atoms with Crippen molar-refractivity contribution in [3.8, 4) is 0 Å². The van der Waals surface area contributed by atoms with Gasteiger partial charge < -0.3 is 5.32 Å². The second kappa shape index (κ2) is 11.0. The first-order valence-electron chi connectivity index (χ1n) is 8.34. The van der Waals surface area contributed by atoms with E-state index in [0.717, 1.165) is 24.9 Å². The molecule has 1 unspecified atom stereocenters. The molecule has 1 aromatic rings. The summed E-state index contributed by atoms with van der Waals surface area (Å²) in [7, 11) is 0. The Morgan fingerprint density at radius 1 is 1.10 bits per heavy atom. The molecular weight excluding hydrogens is 285 g/mol. The Morgan fingerprint density at radius 2 is 1.81 bits per heavy atom. The van der Waals surface area contributed by atoms with Gasteiger partial charge in [-0.05, 0) is 37.1 Å². The van der Waals surface area contributed by atoms with Crippen molar-refractivity contribution in [3.05, 3.63) is 34.6 Å². The molecule has 0 aliphatic carbocycles. The van der Waals surface area contributed by atoms with Crippen LogP contribution in [0.25, 0.3) is 0 Å². The summed E-state index contributed by atoms with van der Waals surface area (Å²) in [5, 5.41) is 3.72. The fourth-order valence-corrected chi connectivity index (χ4v) is 2.80. The zero-order chi connectivity index (χ0) is 15.5. The van der Waals surface area contributed by atoms with E-state index in [0.29, 0.717) is 6.04 Å². The minimum atomic E-state index is -0.316. The monoisotopic (exact) mass is 313 g/mol. The largest absolute Gasteiger partial charge is 0.314 e. The van der Waals surface area contributed by atoms with Crippen molar-refractivity contribution in [2.45, 2.75) is 71.3 Å². The minimum Gasteiger partial charge on any atom is -0.314 e. The Bertz CT molecular complexity index is 395. The lowest BCUT2D eigenvalue weighted by atomic mass is 9.99. The van der Waals surface area contributed by atoms with E-state index in [1.54, 1.807) is 12.1 Å². The van der Waals surface area contributed by atoms with Gasteiger partial charge in [-0.25, -0.2) is 4.39 Å². The SMILES string of the molecule is CCCCCCCCC(Cc1ccc(Cl)c(F)c1)NCC. The third-order valence-electron chi connectivity index (χ3n) is 3.87. The van der Waals surface area contributed by atoms with Crippen LogP contribution in [-0.4, -0.2) is 12.6 Å². The van der Waals surface area contributed by atoms with Crippen molar-refractivity contribution in [1.82, 2.24) is 5.32 Å². The van der Waals surface area contributed by atoms with E-state index in [4.69, 9.17) is 11.6 Å². The van der Waals surface area contributed by atoms with Gasteiger partial charge in [0.2, 0.25) is 0 Å². The maximum Gasteiger partial charge on any atom is 0.142 e. The molecule has 0 saturated carbocycles. The number of halogens is 2. The van der Waals surface area contributed by atoms with E-state index in [1.807, 2.05) is 6.07 Å². The molecule has 1 nitrogen and oxygen atoms in total. The normalized spacial score (nSPS) is 12.6. The lowest BCUT2D eigenvalue weighted by molar-refractivity contribution is 0.459. The molecule has 0 heterocycles. The van der Waals surface area contributed by atoms with Gasteiger partial charge in [0, 0.05) is 6.04 Å². The summed E-state index contributed by atoms with van der Waals surface area (Å²) in [6.07, 6.45) is 9.91. The van der Waals surface area contributed by atoms with Gasteiger partial charge in [0.15, 0.2) is 0 Å². The smallest absolute Gasteiger partial charge is 0.142 e. The first-order chi connectivity index (χ1) is 10.2. The number of benzene rings is 1. The number of nitrogens with one attached hydrogen (secondary N) is 1. The zero-order valence-corrected chi connectivity index (χ0v) is 14.2. The molecule has 0 aliphatic rings. The molecule has 120 valence electrons. The van der Waals surface area contributed by atoms with Crippen LogP contribution in [0.5, 0.6) is 0 Å². The maximum absolute atomic E-state index is 13.5. The first-order valence-corrected chi connectivity index (χ1v) is 8.72. The number of unbranched alkanes of at least 4 members (excludes halogenated alkanes) is 5. The number of likely N-dealkylation sites (N-methyl/N-ethyl adjacent to an activating group) is 1. The van der Waals surface area contributed by atoms with E-state index >= 15 is 0 Å². The minimum absolute atomic E-state index is 0.203. The van der Waals surface area contributed by atoms with Gasteiger partial charge in [0.1, 0.15) is 5.82 Å². The lowest BCUT2D eigenvalue weighted by Gasteiger charge is -2.18. The first kappa shape index (κ1) is 18.4. The predicted molar refractivity (Wildman–Crippen MR) is 90.6 cm³/mol. The molecule has 0 bridgehead atoms. The van der Waals surface area contributed by atoms with Crippen LogP contribution in [0.1, 0.15) is 64.4 Å². The quantitative estimate of drug-likeness (QED) is 0.513. The molecule has 1 rings (SSSR count). The van der Waals surface area contributed by atoms with E-state index in [9.17, 15) is 4.39 Å². The van der Waals surface area contributed by atoms with Crippen LogP contribution in [-0.2, 0) is 6.42 Å². The van der Waals surface area contributed by atoms with Crippen molar-refractivity contribution in [1.29, 1.82) is 0 Å². The Labute approximate surface area is 134 Å². The molecule has 0 spiro atoms. The fourth-order valence-electron chi connectivity index (χ4n) is 2.69. The third-order valence-corrected chi connectivity index (χ3v) is 4.17. The van der Waals surface area contributed by atoms with Gasteiger partial charge in [0.25, 0.3) is 0 Å². The topological polar surface area (TPSA) is 12.0 Å². The molecule has 1 N–H and O–H groups in total. The van der Waals surface area contributed by atoms with Crippen LogP contribution < -0.4 is 5.32 Å². The van der Waals surface area contributed by atoms with Gasteiger partial charge in [-0.3, -0.25) is 0 Å². The van der Waals surface area contributed by atoms with Crippen LogP contribution in [0.4, 0.5) is 4.39 Å². The van der Waals surface area contributed by atoms with Crippen molar-refractivity contribution < 1.29 is 4.39 Å². The van der Waals surface area contributed by atoms with Crippen LogP contribution in [0, 0.1) is 5.82 Å². The molecule has 0 fully saturated rings. The van der Waals surface area contributed by atoms with Gasteiger partial charge in [-0.2, -0.15) is 0 Å². The fraction of sp³-hybridized carbons (Fsp3) is 0.667. The van der Waals surface area contributed by atoms with Crippen LogP contribution in [0.3, 0.4) is 0 Å². The number of rotatable bonds is 11. The molecular formula is C18H29ClFN. The average Bonchev–Trinajstić information content (AvgIpc) is 2.46. The highest BCUT2D eigenvalue weighted by Crippen LogP contribution is 2.18. The molecule has 0 saturated heterocycles. The molecule has 0 amide bonds. The number of hydrogen-bond acceptors (Lipinski definition) is 1. The molecule has 0 aliphatic heterocycles. The summed E-state index contributed by atoms with van der Waals surface area (Å²) >= 11 is 5.73. The molecule has 3 heteroatoms.